The highest BCUT2D eigenvalue weighted by molar-refractivity contribution is 6.07. The van der Waals surface area contributed by atoms with Crippen LogP contribution < -0.4 is 10.6 Å². The first-order valence-corrected chi connectivity index (χ1v) is 7.59. The second-order valence-corrected chi connectivity index (χ2v) is 6.14. The van der Waals surface area contributed by atoms with E-state index in [1.807, 2.05) is 30.3 Å². The Balaban J connectivity index is 1.79. The molecule has 0 aromatic heterocycles. The van der Waals surface area contributed by atoms with Gasteiger partial charge in [-0.2, -0.15) is 0 Å². The van der Waals surface area contributed by atoms with Gasteiger partial charge in [0.25, 0.3) is 5.91 Å². The van der Waals surface area contributed by atoms with Gasteiger partial charge in [-0.05, 0) is 48.2 Å². The lowest BCUT2D eigenvalue weighted by Gasteiger charge is -2.25. The van der Waals surface area contributed by atoms with Crippen molar-refractivity contribution < 1.29 is 9.18 Å². The summed E-state index contributed by atoms with van der Waals surface area (Å²) in [5.74, 6) is -0.0811. The summed E-state index contributed by atoms with van der Waals surface area (Å²) in [6.45, 7) is 0.590. The lowest BCUT2D eigenvalue weighted by atomic mass is 9.81. The number of nitrogens with zero attached hydrogens (tertiary/aromatic N) is 1. The van der Waals surface area contributed by atoms with Crippen molar-refractivity contribution in [2.24, 2.45) is 5.73 Å². The molecule has 1 aliphatic heterocycles. The van der Waals surface area contributed by atoms with Crippen LogP contribution in [0.5, 0.6) is 0 Å². The summed E-state index contributed by atoms with van der Waals surface area (Å²) in [6, 6.07) is 12.4. The van der Waals surface area contributed by atoms with Gasteiger partial charge >= 0.3 is 0 Å². The Morgan fingerprint density at radius 2 is 1.95 bits per heavy atom. The molecule has 4 rings (SSSR count). The van der Waals surface area contributed by atoms with Crippen LogP contribution in [0, 0.1) is 5.82 Å². The van der Waals surface area contributed by atoms with Gasteiger partial charge < -0.3 is 10.6 Å². The quantitative estimate of drug-likeness (QED) is 0.879. The minimum atomic E-state index is -0.201. The number of hydrogen-bond acceptors (Lipinski definition) is 2. The number of halogens is 1. The third-order valence-electron chi connectivity index (χ3n) is 4.70. The zero-order chi connectivity index (χ0) is 15.3. The number of carbonyl (C=O) groups excluding carboxylic acids is 1. The van der Waals surface area contributed by atoms with E-state index in [4.69, 9.17) is 5.73 Å². The maximum atomic E-state index is 14.1. The van der Waals surface area contributed by atoms with Crippen LogP contribution in [-0.2, 0) is 6.42 Å². The molecule has 3 nitrogen and oxygen atoms in total. The number of hydrogen-bond donors (Lipinski definition) is 1. The second-order valence-electron chi connectivity index (χ2n) is 6.14. The number of rotatable bonds is 1. The van der Waals surface area contributed by atoms with Crippen molar-refractivity contribution in [1.82, 2.24) is 0 Å². The minimum Gasteiger partial charge on any atom is -0.327 e. The van der Waals surface area contributed by atoms with Gasteiger partial charge in [0.15, 0.2) is 0 Å². The molecule has 1 heterocycles. The van der Waals surface area contributed by atoms with Gasteiger partial charge in [0.05, 0.1) is 0 Å². The van der Waals surface area contributed by atoms with E-state index in [0.29, 0.717) is 24.1 Å². The fraction of sp³-hybridized carbons (Fsp3) is 0.278. The molecule has 0 spiro atoms. The maximum absolute atomic E-state index is 14.1. The van der Waals surface area contributed by atoms with E-state index in [2.05, 4.69) is 0 Å². The van der Waals surface area contributed by atoms with Gasteiger partial charge in [0.1, 0.15) is 5.82 Å². The van der Waals surface area contributed by atoms with Crippen molar-refractivity contribution in [2.45, 2.75) is 24.8 Å². The van der Waals surface area contributed by atoms with E-state index in [9.17, 15) is 9.18 Å². The molecule has 22 heavy (non-hydrogen) atoms. The van der Waals surface area contributed by atoms with Crippen LogP contribution in [0.1, 0.15) is 33.8 Å². The van der Waals surface area contributed by atoms with Crippen LogP contribution in [0.4, 0.5) is 10.1 Å². The van der Waals surface area contributed by atoms with Gasteiger partial charge in [-0.1, -0.05) is 18.2 Å². The molecule has 1 aliphatic carbocycles. The SMILES string of the molecule is N[C@H]1Cc2c(F)ccc3c2[C@@H](C1)CN3C(=O)c1ccccc1. The van der Waals surface area contributed by atoms with E-state index in [1.54, 1.807) is 11.0 Å². The molecule has 2 N–H and O–H groups in total. The Morgan fingerprint density at radius 1 is 1.18 bits per heavy atom. The van der Waals surface area contributed by atoms with Crippen LogP contribution in [0.15, 0.2) is 42.5 Å². The Labute approximate surface area is 128 Å². The normalized spacial score (nSPS) is 22.5. The first kappa shape index (κ1) is 13.5. The van der Waals surface area contributed by atoms with Crippen molar-refractivity contribution in [3.05, 3.63) is 65.0 Å². The van der Waals surface area contributed by atoms with Crippen LogP contribution in [0.3, 0.4) is 0 Å². The molecule has 0 unspecified atom stereocenters. The second kappa shape index (κ2) is 4.92. The summed E-state index contributed by atoms with van der Waals surface area (Å²) in [5.41, 5.74) is 9.27. The summed E-state index contributed by atoms with van der Waals surface area (Å²) >= 11 is 0. The Bertz CT molecular complexity index is 744. The summed E-state index contributed by atoms with van der Waals surface area (Å²) < 4.78 is 14.1. The molecule has 2 atom stereocenters. The van der Waals surface area contributed by atoms with Crippen molar-refractivity contribution >= 4 is 11.6 Å². The molecule has 1 amide bonds. The molecule has 2 aromatic carbocycles. The zero-order valence-electron chi connectivity index (χ0n) is 12.1. The van der Waals surface area contributed by atoms with Gasteiger partial charge in [0.2, 0.25) is 0 Å². The first-order valence-electron chi connectivity index (χ1n) is 7.59. The van der Waals surface area contributed by atoms with Gasteiger partial charge in [-0.25, -0.2) is 4.39 Å². The predicted octanol–water partition coefficient (Wildman–Crippen LogP) is 2.84. The molecular formula is C18H17FN2O. The molecule has 0 saturated carbocycles. The lowest BCUT2D eigenvalue weighted by molar-refractivity contribution is 0.0988. The van der Waals surface area contributed by atoms with E-state index in [1.165, 1.54) is 6.07 Å². The van der Waals surface area contributed by atoms with E-state index < -0.39 is 0 Å². The molecule has 0 bridgehead atoms. The fourth-order valence-corrected chi connectivity index (χ4v) is 3.77. The first-order chi connectivity index (χ1) is 10.6. The largest absolute Gasteiger partial charge is 0.327 e. The molecule has 0 fully saturated rings. The lowest BCUT2D eigenvalue weighted by Crippen LogP contribution is -2.33. The number of carbonyl (C=O) groups is 1. The van der Waals surface area contributed by atoms with Crippen molar-refractivity contribution in [1.29, 1.82) is 0 Å². The fourth-order valence-electron chi connectivity index (χ4n) is 3.77. The number of benzene rings is 2. The highest BCUT2D eigenvalue weighted by Gasteiger charge is 2.39. The minimum absolute atomic E-state index is 0.0302. The zero-order valence-corrected chi connectivity index (χ0v) is 12.1. The van der Waals surface area contributed by atoms with Gasteiger partial charge in [0, 0.05) is 29.8 Å². The maximum Gasteiger partial charge on any atom is 0.258 e. The summed E-state index contributed by atoms with van der Waals surface area (Å²) in [5, 5.41) is 0. The van der Waals surface area contributed by atoms with Crippen molar-refractivity contribution in [2.75, 3.05) is 11.4 Å². The molecule has 2 aromatic rings. The predicted molar refractivity (Wildman–Crippen MR) is 83.6 cm³/mol. The van der Waals surface area contributed by atoms with Crippen LogP contribution in [-0.4, -0.2) is 18.5 Å². The number of amides is 1. The third kappa shape index (κ3) is 1.95. The van der Waals surface area contributed by atoms with Gasteiger partial charge in [-0.3, -0.25) is 4.79 Å². The smallest absolute Gasteiger partial charge is 0.258 e. The Kier molecular flexibility index (Phi) is 3.01. The van der Waals surface area contributed by atoms with E-state index >= 15 is 0 Å². The number of anilines is 1. The van der Waals surface area contributed by atoms with Crippen LogP contribution in [0.2, 0.25) is 0 Å². The Morgan fingerprint density at radius 3 is 2.73 bits per heavy atom. The van der Waals surface area contributed by atoms with E-state index in [-0.39, 0.29) is 23.7 Å². The van der Waals surface area contributed by atoms with Gasteiger partial charge in [-0.15, -0.1) is 0 Å². The molecule has 0 radical (unpaired) electrons. The van der Waals surface area contributed by atoms with E-state index in [0.717, 1.165) is 17.7 Å². The highest BCUT2D eigenvalue weighted by atomic mass is 19.1. The highest BCUT2D eigenvalue weighted by Crippen LogP contribution is 2.45. The molecule has 112 valence electrons. The molecule has 4 heteroatoms. The number of nitrogens with two attached hydrogens (primary N) is 1. The monoisotopic (exact) mass is 296 g/mol. The van der Waals surface area contributed by atoms with Crippen LogP contribution in [0.25, 0.3) is 0 Å². The Hall–Kier alpha value is -2.20. The van der Waals surface area contributed by atoms with Crippen LogP contribution >= 0.6 is 0 Å². The third-order valence-corrected chi connectivity index (χ3v) is 4.70. The molecule has 2 aliphatic rings. The summed E-state index contributed by atoms with van der Waals surface area (Å²) in [4.78, 5) is 14.5. The summed E-state index contributed by atoms with van der Waals surface area (Å²) in [7, 11) is 0. The molecule has 0 saturated heterocycles. The summed E-state index contributed by atoms with van der Waals surface area (Å²) in [6.07, 6.45) is 1.36. The van der Waals surface area contributed by atoms with Crippen molar-refractivity contribution in [3.8, 4) is 0 Å². The molecular weight excluding hydrogens is 279 g/mol. The average molecular weight is 296 g/mol. The standard InChI is InChI=1S/C18H17FN2O/c19-15-6-7-16-17-12(8-13(20)9-14(15)17)10-21(16)18(22)11-4-2-1-3-5-11/h1-7,12-13H,8-10,20H2/t12-,13+/m0/s1. The van der Waals surface area contributed by atoms with Crippen molar-refractivity contribution in [3.63, 3.8) is 0 Å². The topological polar surface area (TPSA) is 46.3 Å². The average Bonchev–Trinajstić information content (AvgIpc) is 2.90.